The molecule has 0 amide bonds. The van der Waals surface area contributed by atoms with Crippen molar-refractivity contribution in [1.29, 1.82) is 0 Å². The number of hydrogen-bond acceptors (Lipinski definition) is 3. The molecule has 0 atom stereocenters. The minimum atomic E-state index is 0.667. The fraction of sp³-hybridized carbons (Fsp3) is 0.300. The van der Waals surface area contributed by atoms with E-state index in [2.05, 4.69) is 21.4 Å². The Bertz CT molecular complexity index is 407. The van der Waals surface area contributed by atoms with Gasteiger partial charge in [-0.3, -0.25) is 0 Å². The molecule has 0 aliphatic heterocycles. The van der Waals surface area contributed by atoms with Crippen molar-refractivity contribution in [2.24, 2.45) is 5.73 Å². The van der Waals surface area contributed by atoms with Crippen LogP contribution in [0.25, 0.3) is 11.0 Å². The van der Waals surface area contributed by atoms with E-state index in [1.54, 1.807) is 6.20 Å². The van der Waals surface area contributed by atoms with Crippen LogP contribution in [0, 0.1) is 0 Å². The summed E-state index contributed by atoms with van der Waals surface area (Å²) < 4.78 is 0. The summed E-state index contributed by atoms with van der Waals surface area (Å²) in [6.07, 6.45) is 3.77. The number of hydrogen-bond donors (Lipinski definition) is 3. The molecule has 74 valence electrons. The number of pyridine rings is 1. The zero-order valence-corrected chi connectivity index (χ0v) is 7.96. The van der Waals surface area contributed by atoms with E-state index in [9.17, 15) is 0 Å². The Balaban J connectivity index is 2.17. The van der Waals surface area contributed by atoms with Gasteiger partial charge >= 0.3 is 0 Å². The van der Waals surface area contributed by atoms with Crippen molar-refractivity contribution in [2.45, 2.75) is 6.54 Å². The Hall–Kier alpha value is -1.39. The standard InChI is InChI=1S/C10H14N4/c11-3-5-12-6-8-7-14-10-9(8)2-1-4-13-10/h1-2,4,7,12H,3,5-6,11H2,(H,13,14). The minimum absolute atomic E-state index is 0.667. The largest absolute Gasteiger partial charge is 0.346 e. The molecule has 14 heavy (non-hydrogen) atoms. The summed E-state index contributed by atoms with van der Waals surface area (Å²) in [6, 6.07) is 4.01. The van der Waals surface area contributed by atoms with Crippen LogP contribution in [-0.4, -0.2) is 23.1 Å². The molecule has 0 fully saturated rings. The highest BCUT2D eigenvalue weighted by Gasteiger charge is 2.01. The summed E-state index contributed by atoms with van der Waals surface area (Å²) >= 11 is 0. The van der Waals surface area contributed by atoms with E-state index in [1.165, 1.54) is 10.9 Å². The summed E-state index contributed by atoms with van der Waals surface area (Å²) in [5.41, 5.74) is 7.58. The summed E-state index contributed by atoms with van der Waals surface area (Å²) in [5.74, 6) is 0. The highest BCUT2D eigenvalue weighted by Crippen LogP contribution is 2.14. The van der Waals surface area contributed by atoms with Gasteiger partial charge in [0.15, 0.2) is 0 Å². The normalized spacial score (nSPS) is 10.9. The van der Waals surface area contributed by atoms with Crippen molar-refractivity contribution in [3.63, 3.8) is 0 Å². The van der Waals surface area contributed by atoms with Crippen LogP contribution < -0.4 is 11.1 Å². The molecule has 0 aliphatic rings. The zero-order valence-electron chi connectivity index (χ0n) is 7.96. The average Bonchev–Trinajstić information content (AvgIpc) is 2.63. The van der Waals surface area contributed by atoms with Gasteiger partial charge < -0.3 is 16.0 Å². The smallest absolute Gasteiger partial charge is 0.137 e. The van der Waals surface area contributed by atoms with Crippen molar-refractivity contribution >= 4 is 11.0 Å². The van der Waals surface area contributed by atoms with E-state index in [0.29, 0.717) is 6.54 Å². The van der Waals surface area contributed by atoms with E-state index in [-0.39, 0.29) is 0 Å². The summed E-state index contributed by atoms with van der Waals surface area (Å²) in [5, 5.41) is 4.43. The second-order valence-corrected chi connectivity index (χ2v) is 3.18. The third-order valence-corrected chi connectivity index (χ3v) is 2.17. The zero-order chi connectivity index (χ0) is 9.80. The Morgan fingerprint density at radius 1 is 1.50 bits per heavy atom. The maximum Gasteiger partial charge on any atom is 0.137 e. The molecule has 0 saturated carbocycles. The number of nitrogens with zero attached hydrogens (tertiary/aromatic N) is 1. The van der Waals surface area contributed by atoms with Crippen LogP contribution >= 0.6 is 0 Å². The molecule has 0 aromatic carbocycles. The number of H-pyrrole nitrogens is 1. The Labute approximate surface area is 82.5 Å². The Kier molecular flexibility index (Phi) is 2.76. The second kappa shape index (κ2) is 4.21. The first-order valence-corrected chi connectivity index (χ1v) is 4.73. The molecule has 4 nitrogen and oxygen atoms in total. The molecule has 2 aromatic heterocycles. The van der Waals surface area contributed by atoms with E-state index in [1.807, 2.05) is 12.3 Å². The molecule has 2 heterocycles. The lowest BCUT2D eigenvalue weighted by Gasteiger charge is -2.00. The number of aromatic amines is 1. The number of nitrogens with one attached hydrogen (secondary N) is 2. The first-order chi connectivity index (χ1) is 6.92. The van der Waals surface area contributed by atoms with Crippen molar-refractivity contribution < 1.29 is 0 Å². The first kappa shape index (κ1) is 9.18. The summed E-state index contributed by atoms with van der Waals surface area (Å²) in [7, 11) is 0. The van der Waals surface area contributed by atoms with Crippen LogP contribution in [0.5, 0.6) is 0 Å². The van der Waals surface area contributed by atoms with E-state index < -0.39 is 0 Å². The topological polar surface area (TPSA) is 66.7 Å². The maximum atomic E-state index is 5.40. The molecular formula is C10H14N4. The van der Waals surface area contributed by atoms with Gasteiger partial charge in [0.05, 0.1) is 0 Å². The van der Waals surface area contributed by atoms with Crippen molar-refractivity contribution in [2.75, 3.05) is 13.1 Å². The maximum absolute atomic E-state index is 5.40. The van der Waals surface area contributed by atoms with Crippen LogP contribution in [0.1, 0.15) is 5.56 Å². The predicted octanol–water partition coefficient (Wildman–Crippen LogP) is 0.611. The average molecular weight is 190 g/mol. The van der Waals surface area contributed by atoms with Gasteiger partial charge in [-0.1, -0.05) is 0 Å². The molecule has 0 bridgehead atoms. The highest BCUT2D eigenvalue weighted by molar-refractivity contribution is 5.79. The Morgan fingerprint density at radius 3 is 3.29 bits per heavy atom. The van der Waals surface area contributed by atoms with Crippen LogP contribution in [-0.2, 0) is 6.54 Å². The van der Waals surface area contributed by atoms with E-state index in [0.717, 1.165) is 18.7 Å². The van der Waals surface area contributed by atoms with Crippen LogP contribution in [0.15, 0.2) is 24.5 Å². The van der Waals surface area contributed by atoms with Gasteiger partial charge in [0.1, 0.15) is 5.65 Å². The number of aromatic nitrogens is 2. The quantitative estimate of drug-likeness (QED) is 0.619. The lowest BCUT2D eigenvalue weighted by molar-refractivity contribution is 0.698. The van der Waals surface area contributed by atoms with Crippen LogP contribution in [0.2, 0.25) is 0 Å². The molecule has 2 aromatic rings. The van der Waals surface area contributed by atoms with Gasteiger partial charge in [-0.15, -0.1) is 0 Å². The molecule has 0 aliphatic carbocycles. The van der Waals surface area contributed by atoms with Gasteiger partial charge in [0.25, 0.3) is 0 Å². The molecule has 0 unspecified atom stereocenters. The summed E-state index contributed by atoms with van der Waals surface area (Å²) in [6.45, 7) is 2.34. The Morgan fingerprint density at radius 2 is 2.43 bits per heavy atom. The molecule has 0 spiro atoms. The first-order valence-electron chi connectivity index (χ1n) is 4.73. The molecule has 0 radical (unpaired) electrons. The fourth-order valence-electron chi connectivity index (χ4n) is 1.48. The molecular weight excluding hydrogens is 176 g/mol. The third kappa shape index (κ3) is 1.76. The van der Waals surface area contributed by atoms with Crippen molar-refractivity contribution in [3.8, 4) is 0 Å². The van der Waals surface area contributed by atoms with Crippen molar-refractivity contribution in [1.82, 2.24) is 15.3 Å². The van der Waals surface area contributed by atoms with Gasteiger partial charge in [-0.25, -0.2) is 4.98 Å². The van der Waals surface area contributed by atoms with Crippen LogP contribution in [0.3, 0.4) is 0 Å². The predicted molar refractivity (Wildman–Crippen MR) is 56.9 cm³/mol. The lowest BCUT2D eigenvalue weighted by Crippen LogP contribution is -2.21. The number of fused-ring (bicyclic) bond motifs is 1. The van der Waals surface area contributed by atoms with Crippen molar-refractivity contribution in [3.05, 3.63) is 30.1 Å². The van der Waals surface area contributed by atoms with Gasteiger partial charge in [0, 0.05) is 37.4 Å². The van der Waals surface area contributed by atoms with Crippen LogP contribution in [0.4, 0.5) is 0 Å². The van der Waals surface area contributed by atoms with Gasteiger partial charge in [-0.05, 0) is 17.7 Å². The summed E-state index contributed by atoms with van der Waals surface area (Å²) in [4.78, 5) is 7.35. The number of rotatable bonds is 4. The third-order valence-electron chi connectivity index (χ3n) is 2.17. The molecule has 2 rings (SSSR count). The molecule has 4 heteroatoms. The lowest BCUT2D eigenvalue weighted by atomic mass is 10.2. The van der Waals surface area contributed by atoms with E-state index in [4.69, 9.17) is 5.73 Å². The fourth-order valence-corrected chi connectivity index (χ4v) is 1.48. The van der Waals surface area contributed by atoms with Gasteiger partial charge in [-0.2, -0.15) is 0 Å². The van der Waals surface area contributed by atoms with Gasteiger partial charge in [0.2, 0.25) is 0 Å². The second-order valence-electron chi connectivity index (χ2n) is 3.18. The number of nitrogens with two attached hydrogens (primary N) is 1. The highest BCUT2D eigenvalue weighted by atomic mass is 14.9. The molecule has 0 saturated heterocycles. The monoisotopic (exact) mass is 190 g/mol. The molecule has 4 N–H and O–H groups in total. The van der Waals surface area contributed by atoms with E-state index >= 15 is 0 Å². The minimum Gasteiger partial charge on any atom is -0.346 e. The SMILES string of the molecule is NCCNCc1c[nH]c2ncccc12.